The van der Waals surface area contributed by atoms with E-state index < -0.39 is 0 Å². The number of rotatable bonds is 7. The predicted molar refractivity (Wildman–Crippen MR) is 131 cm³/mol. The molecule has 1 amide bonds. The summed E-state index contributed by atoms with van der Waals surface area (Å²) in [6.45, 7) is 3.64. The molecule has 0 spiro atoms. The zero-order valence-corrected chi connectivity index (χ0v) is 20.1. The number of fused-ring (bicyclic) bond motifs is 1. The van der Waals surface area contributed by atoms with Crippen molar-refractivity contribution in [2.24, 2.45) is 0 Å². The van der Waals surface area contributed by atoms with Crippen LogP contribution >= 0.6 is 0 Å². The first kappa shape index (κ1) is 23.3. The van der Waals surface area contributed by atoms with Crippen molar-refractivity contribution < 1.29 is 14.3 Å². The van der Waals surface area contributed by atoms with Crippen LogP contribution in [0.25, 0.3) is 22.3 Å². The van der Waals surface area contributed by atoms with Crippen molar-refractivity contribution in [3.05, 3.63) is 36.8 Å². The minimum Gasteiger partial charge on any atom is -0.493 e. The zero-order valence-electron chi connectivity index (χ0n) is 20.1. The number of allylic oxidation sites excluding steroid dienone is 1. The minimum absolute atomic E-state index is 0.100. The van der Waals surface area contributed by atoms with Crippen LogP contribution in [0.3, 0.4) is 0 Å². The van der Waals surface area contributed by atoms with Crippen LogP contribution in [0, 0.1) is 0 Å². The number of nitrogens with zero attached hydrogens (tertiary/aromatic N) is 6. The van der Waals surface area contributed by atoms with E-state index in [1.54, 1.807) is 14.2 Å². The maximum Gasteiger partial charge on any atom is 0.242 e. The van der Waals surface area contributed by atoms with E-state index >= 15 is 0 Å². The van der Waals surface area contributed by atoms with Gasteiger partial charge in [-0.05, 0) is 44.2 Å². The lowest BCUT2D eigenvalue weighted by Gasteiger charge is -2.33. The zero-order chi connectivity index (χ0) is 24.2. The molecule has 0 saturated carbocycles. The van der Waals surface area contributed by atoms with Crippen LogP contribution in [0.2, 0.25) is 0 Å². The van der Waals surface area contributed by atoms with E-state index in [0.717, 1.165) is 18.4 Å². The number of methoxy groups -OCH3 is 2. The molecule has 3 aromatic rings. The largest absolute Gasteiger partial charge is 0.493 e. The second-order valence-electron chi connectivity index (χ2n) is 8.33. The topological polar surface area (TPSA) is 112 Å². The highest BCUT2D eigenvalue weighted by Crippen LogP contribution is 2.37. The summed E-state index contributed by atoms with van der Waals surface area (Å²) in [6, 6.07) is 5.74. The standard InChI is InChI=1S/C24H31N7O3/c1-5-10-29(2)14-20(32)30-11-8-17(9-12-30)31-24-21(23(25)26-15-27-24)22(28-31)16-6-7-18(33-3)19(13-16)34-4/h5-7,10,13,15,17H,8-9,11-12,14H2,1-4H3,(H2,25,26,27). The maximum absolute atomic E-state index is 12.7. The Morgan fingerprint density at radius 3 is 2.62 bits per heavy atom. The third kappa shape index (κ3) is 4.48. The van der Waals surface area contributed by atoms with Gasteiger partial charge in [0.15, 0.2) is 17.1 Å². The van der Waals surface area contributed by atoms with Gasteiger partial charge in [-0.3, -0.25) is 4.79 Å². The van der Waals surface area contributed by atoms with Gasteiger partial charge in [-0.15, -0.1) is 0 Å². The molecule has 2 aromatic heterocycles. The molecule has 10 heteroatoms. The fraction of sp³-hybridized carbons (Fsp3) is 0.417. The molecular formula is C24H31N7O3. The van der Waals surface area contributed by atoms with Crippen LogP contribution in [-0.2, 0) is 4.79 Å². The van der Waals surface area contributed by atoms with E-state index in [4.69, 9.17) is 20.3 Å². The summed E-state index contributed by atoms with van der Waals surface area (Å²) in [5, 5.41) is 5.64. The van der Waals surface area contributed by atoms with E-state index in [0.29, 0.717) is 53.7 Å². The van der Waals surface area contributed by atoms with Gasteiger partial charge in [-0.1, -0.05) is 6.08 Å². The average molecular weight is 466 g/mol. The van der Waals surface area contributed by atoms with Crippen LogP contribution in [0.15, 0.2) is 36.8 Å². The van der Waals surface area contributed by atoms with Gasteiger partial charge in [0.2, 0.25) is 5.91 Å². The number of aromatic nitrogens is 4. The summed E-state index contributed by atoms with van der Waals surface area (Å²) < 4.78 is 12.8. The molecule has 1 aliphatic heterocycles. The molecular weight excluding hydrogens is 434 g/mol. The number of ether oxygens (including phenoxy) is 2. The molecule has 0 radical (unpaired) electrons. The lowest BCUT2D eigenvalue weighted by molar-refractivity contribution is -0.132. The number of nitrogen functional groups attached to an aromatic ring is 1. The maximum atomic E-state index is 12.7. The van der Waals surface area contributed by atoms with Crippen LogP contribution in [0.4, 0.5) is 5.82 Å². The summed E-state index contributed by atoms with van der Waals surface area (Å²) in [5.74, 6) is 1.74. The molecule has 34 heavy (non-hydrogen) atoms. The highest BCUT2D eigenvalue weighted by molar-refractivity contribution is 5.98. The number of benzene rings is 1. The highest BCUT2D eigenvalue weighted by Gasteiger charge is 2.28. The molecule has 0 unspecified atom stereocenters. The lowest BCUT2D eigenvalue weighted by atomic mass is 10.1. The van der Waals surface area contributed by atoms with E-state index in [1.165, 1.54) is 6.33 Å². The third-order valence-electron chi connectivity index (χ3n) is 6.13. The number of anilines is 1. The first-order valence-electron chi connectivity index (χ1n) is 11.3. The van der Waals surface area contributed by atoms with Crippen molar-refractivity contribution >= 4 is 22.8 Å². The molecule has 3 heterocycles. The average Bonchev–Trinajstić information content (AvgIpc) is 3.25. The van der Waals surface area contributed by atoms with E-state index in [-0.39, 0.29) is 11.9 Å². The summed E-state index contributed by atoms with van der Waals surface area (Å²) in [6.07, 6.45) is 6.85. The number of hydrogen-bond donors (Lipinski definition) is 1. The SMILES string of the molecule is CC=CN(C)CC(=O)N1CCC(n2nc(-c3ccc(OC)c(OC)c3)c3c(N)ncnc32)CC1. The number of carbonyl (C=O) groups excluding carboxylic acids is 1. The molecule has 1 fully saturated rings. The number of piperidine rings is 1. The van der Waals surface area contributed by atoms with Crippen molar-refractivity contribution in [2.75, 3.05) is 46.6 Å². The lowest BCUT2D eigenvalue weighted by Crippen LogP contribution is -2.43. The Balaban J connectivity index is 1.62. The van der Waals surface area contributed by atoms with Gasteiger partial charge in [0.05, 0.1) is 32.2 Å². The molecule has 180 valence electrons. The number of likely N-dealkylation sites (tertiary alicyclic amines) is 1. The summed E-state index contributed by atoms with van der Waals surface area (Å²) in [5.41, 5.74) is 8.49. The summed E-state index contributed by atoms with van der Waals surface area (Å²) in [4.78, 5) is 25.2. The Morgan fingerprint density at radius 2 is 1.94 bits per heavy atom. The monoisotopic (exact) mass is 465 g/mol. The van der Waals surface area contributed by atoms with Gasteiger partial charge >= 0.3 is 0 Å². The number of amides is 1. The van der Waals surface area contributed by atoms with Crippen LogP contribution in [0.5, 0.6) is 11.5 Å². The predicted octanol–water partition coefficient (Wildman–Crippen LogP) is 2.72. The van der Waals surface area contributed by atoms with Gasteiger partial charge < -0.3 is 25.0 Å². The molecule has 4 rings (SSSR count). The molecule has 10 nitrogen and oxygen atoms in total. The molecule has 0 aliphatic carbocycles. The number of nitrogens with two attached hydrogens (primary N) is 1. The van der Waals surface area contributed by atoms with Crippen LogP contribution in [-0.4, -0.2) is 76.4 Å². The first-order valence-corrected chi connectivity index (χ1v) is 11.3. The fourth-order valence-corrected chi connectivity index (χ4v) is 4.42. The number of likely N-dealkylation sites (N-methyl/N-ethyl adjacent to an activating group) is 1. The molecule has 1 aromatic carbocycles. The Morgan fingerprint density at radius 1 is 1.21 bits per heavy atom. The van der Waals surface area contributed by atoms with Crippen LogP contribution in [0.1, 0.15) is 25.8 Å². The van der Waals surface area contributed by atoms with Gasteiger partial charge in [0.25, 0.3) is 0 Å². The minimum atomic E-state index is 0.100. The van der Waals surface area contributed by atoms with Gasteiger partial charge in [-0.25, -0.2) is 14.6 Å². The molecule has 0 bridgehead atoms. The van der Waals surface area contributed by atoms with Crippen molar-refractivity contribution in [1.29, 1.82) is 0 Å². The van der Waals surface area contributed by atoms with E-state index in [9.17, 15) is 4.79 Å². The van der Waals surface area contributed by atoms with Crippen molar-refractivity contribution in [3.63, 3.8) is 0 Å². The van der Waals surface area contributed by atoms with E-state index in [1.807, 2.05) is 58.9 Å². The van der Waals surface area contributed by atoms with E-state index in [2.05, 4.69) is 9.97 Å². The Bertz CT molecular complexity index is 1200. The van der Waals surface area contributed by atoms with Crippen molar-refractivity contribution in [2.45, 2.75) is 25.8 Å². The highest BCUT2D eigenvalue weighted by atomic mass is 16.5. The Kier molecular flexibility index (Phi) is 6.85. The quantitative estimate of drug-likeness (QED) is 0.567. The fourth-order valence-electron chi connectivity index (χ4n) is 4.42. The summed E-state index contributed by atoms with van der Waals surface area (Å²) >= 11 is 0. The number of carbonyl (C=O) groups is 1. The molecule has 0 atom stereocenters. The van der Waals surface area contributed by atoms with Gasteiger partial charge in [0, 0.05) is 25.7 Å². The van der Waals surface area contributed by atoms with Crippen molar-refractivity contribution in [3.8, 4) is 22.8 Å². The summed E-state index contributed by atoms with van der Waals surface area (Å²) in [7, 11) is 5.10. The third-order valence-corrected chi connectivity index (χ3v) is 6.13. The van der Waals surface area contributed by atoms with Gasteiger partial charge in [0.1, 0.15) is 17.8 Å². The molecule has 1 aliphatic rings. The Labute approximate surface area is 199 Å². The molecule has 2 N–H and O–H groups in total. The molecule has 1 saturated heterocycles. The van der Waals surface area contributed by atoms with Gasteiger partial charge in [-0.2, -0.15) is 5.10 Å². The normalized spacial score (nSPS) is 14.6. The second-order valence-corrected chi connectivity index (χ2v) is 8.33. The number of hydrogen-bond acceptors (Lipinski definition) is 8. The Hall–Kier alpha value is -3.82. The van der Waals surface area contributed by atoms with Crippen molar-refractivity contribution in [1.82, 2.24) is 29.5 Å². The second kappa shape index (κ2) is 9.98. The smallest absolute Gasteiger partial charge is 0.242 e. The first-order chi connectivity index (χ1) is 16.5. The van der Waals surface area contributed by atoms with Crippen LogP contribution < -0.4 is 15.2 Å².